The van der Waals surface area contributed by atoms with E-state index in [4.69, 9.17) is 11.6 Å². The van der Waals surface area contributed by atoms with E-state index in [2.05, 4.69) is 5.32 Å². The summed E-state index contributed by atoms with van der Waals surface area (Å²) in [4.78, 5) is 41.2. The molecule has 0 spiro atoms. The molecule has 0 unspecified atom stereocenters. The summed E-state index contributed by atoms with van der Waals surface area (Å²) >= 11 is 6.25. The van der Waals surface area contributed by atoms with Gasteiger partial charge in [-0.25, -0.2) is 4.90 Å². The van der Waals surface area contributed by atoms with Gasteiger partial charge in [-0.2, -0.15) is 0 Å². The fraction of sp³-hybridized carbons (Fsp3) is 0.115. The molecule has 0 bridgehead atoms. The fourth-order valence-electron chi connectivity index (χ4n) is 3.61. The summed E-state index contributed by atoms with van der Waals surface area (Å²) in [5.74, 6) is -1.27. The van der Waals surface area contributed by atoms with Crippen molar-refractivity contribution < 1.29 is 14.4 Å². The molecule has 0 aromatic heterocycles. The lowest BCUT2D eigenvalue weighted by Crippen LogP contribution is -2.33. The van der Waals surface area contributed by atoms with Crippen LogP contribution in [0.1, 0.15) is 21.5 Å². The monoisotopic (exact) mass is 459 g/mol. The largest absolute Gasteiger partial charge is 0.350 e. The lowest BCUT2D eigenvalue weighted by atomic mass is 10.1. The van der Waals surface area contributed by atoms with Crippen LogP contribution in [0, 0.1) is 13.8 Å². The van der Waals surface area contributed by atoms with Gasteiger partial charge in [-0.3, -0.25) is 14.4 Å². The number of para-hydroxylation sites is 1. The minimum Gasteiger partial charge on any atom is -0.350 e. The molecule has 4 rings (SSSR count). The van der Waals surface area contributed by atoms with Crippen LogP contribution in [-0.2, 0) is 9.59 Å². The Kier molecular flexibility index (Phi) is 6.03. The van der Waals surface area contributed by atoms with Gasteiger partial charge in [0.25, 0.3) is 17.7 Å². The number of nitrogens with one attached hydrogen (secondary N) is 1. The van der Waals surface area contributed by atoms with Crippen molar-refractivity contribution in [2.24, 2.45) is 0 Å². The van der Waals surface area contributed by atoms with Gasteiger partial charge in [-0.15, -0.1) is 0 Å². The lowest BCUT2D eigenvalue weighted by molar-refractivity contribution is -0.120. The molecule has 166 valence electrons. The van der Waals surface area contributed by atoms with E-state index in [1.807, 2.05) is 50.2 Å². The first-order valence-corrected chi connectivity index (χ1v) is 10.7. The SMILES string of the molecule is Cc1cccc(N2C(=O)C(Cl)=C(Nc3ccc(C(=O)N(C)c4ccccc4)cc3)C2=O)c1C. The van der Waals surface area contributed by atoms with E-state index in [1.54, 1.807) is 48.3 Å². The standard InChI is InChI=1S/C26H22ClN3O3/c1-16-8-7-11-21(17(16)2)30-25(32)22(27)23(26(30)33)28-19-14-12-18(13-15-19)24(31)29(3)20-9-5-4-6-10-20/h4-15,28H,1-3H3. The van der Waals surface area contributed by atoms with Crippen molar-refractivity contribution in [3.05, 3.63) is 100 Å². The number of halogens is 1. The van der Waals surface area contributed by atoms with Crippen LogP contribution in [0.5, 0.6) is 0 Å². The van der Waals surface area contributed by atoms with Gasteiger partial charge in [0.2, 0.25) is 0 Å². The highest BCUT2D eigenvalue weighted by Gasteiger charge is 2.39. The maximum Gasteiger partial charge on any atom is 0.283 e. The number of carbonyl (C=O) groups excluding carboxylic acids is 3. The zero-order valence-corrected chi connectivity index (χ0v) is 19.2. The summed E-state index contributed by atoms with van der Waals surface area (Å²) < 4.78 is 0. The second kappa shape index (κ2) is 8.92. The maximum absolute atomic E-state index is 13.1. The number of aryl methyl sites for hydroxylation is 1. The first kappa shape index (κ1) is 22.3. The Morgan fingerprint density at radius 3 is 2.21 bits per heavy atom. The van der Waals surface area contributed by atoms with Gasteiger partial charge < -0.3 is 10.2 Å². The van der Waals surface area contributed by atoms with E-state index in [0.717, 1.165) is 21.7 Å². The van der Waals surface area contributed by atoms with Crippen LogP contribution in [0.3, 0.4) is 0 Å². The molecule has 3 aromatic rings. The fourth-order valence-corrected chi connectivity index (χ4v) is 3.82. The molecular weight excluding hydrogens is 438 g/mol. The molecule has 0 saturated carbocycles. The van der Waals surface area contributed by atoms with E-state index in [-0.39, 0.29) is 16.6 Å². The van der Waals surface area contributed by atoms with Crippen LogP contribution in [0.15, 0.2) is 83.5 Å². The topological polar surface area (TPSA) is 69.7 Å². The first-order chi connectivity index (χ1) is 15.8. The van der Waals surface area contributed by atoms with Crippen LogP contribution in [0.4, 0.5) is 17.1 Å². The van der Waals surface area contributed by atoms with Crippen LogP contribution in [0.25, 0.3) is 0 Å². The minimum atomic E-state index is -0.575. The predicted molar refractivity (Wildman–Crippen MR) is 131 cm³/mol. The Morgan fingerprint density at radius 1 is 0.879 bits per heavy atom. The van der Waals surface area contributed by atoms with Crippen LogP contribution in [0.2, 0.25) is 0 Å². The smallest absolute Gasteiger partial charge is 0.283 e. The second-order valence-electron chi connectivity index (χ2n) is 7.76. The minimum absolute atomic E-state index is 0.00283. The molecule has 7 heteroatoms. The number of hydrogen-bond donors (Lipinski definition) is 1. The zero-order valence-electron chi connectivity index (χ0n) is 18.4. The van der Waals surface area contributed by atoms with Gasteiger partial charge in [-0.05, 0) is 67.4 Å². The number of carbonyl (C=O) groups is 3. The quantitative estimate of drug-likeness (QED) is 0.544. The molecule has 3 amide bonds. The number of amides is 3. The lowest BCUT2D eigenvalue weighted by Gasteiger charge is -2.19. The van der Waals surface area contributed by atoms with Crippen LogP contribution >= 0.6 is 11.6 Å². The normalized spacial score (nSPS) is 13.5. The van der Waals surface area contributed by atoms with E-state index < -0.39 is 11.8 Å². The summed E-state index contributed by atoms with van der Waals surface area (Å²) in [7, 11) is 1.71. The van der Waals surface area contributed by atoms with Crippen molar-refractivity contribution in [3.8, 4) is 0 Å². The molecule has 0 aliphatic carbocycles. The predicted octanol–water partition coefficient (Wildman–Crippen LogP) is 5.02. The van der Waals surface area contributed by atoms with Crippen molar-refractivity contribution in [3.63, 3.8) is 0 Å². The summed E-state index contributed by atoms with van der Waals surface area (Å²) in [5.41, 5.74) is 4.10. The average molecular weight is 460 g/mol. The molecule has 1 N–H and O–H groups in total. The van der Waals surface area contributed by atoms with Gasteiger partial charge in [0.15, 0.2) is 0 Å². The van der Waals surface area contributed by atoms with Gasteiger partial charge in [0.05, 0.1) is 5.69 Å². The number of benzene rings is 3. The number of hydrogen-bond acceptors (Lipinski definition) is 4. The summed E-state index contributed by atoms with van der Waals surface area (Å²) in [6.07, 6.45) is 0. The van der Waals surface area contributed by atoms with E-state index in [0.29, 0.717) is 16.9 Å². The molecule has 1 aliphatic rings. The summed E-state index contributed by atoms with van der Waals surface area (Å²) in [6.45, 7) is 3.77. The highest BCUT2D eigenvalue weighted by Crippen LogP contribution is 2.33. The molecule has 0 fully saturated rings. The molecule has 1 heterocycles. The van der Waals surface area contributed by atoms with E-state index >= 15 is 0 Å². The highest BCUT2D eigenvalue weighted by molar-refractivity contribution is 6.53. The van der Waals surface area contributed by atoms with Crippen LogP contribution in [-0.4, -0.2) is 24.8 Å². The number of imide groups is 1. The molecule has 0 radical (unpaired) electrons. The third-order valence-electron chi connectivity index (χ3n) is 5.69. The maximum atomic E-state index is 13.1. The van der Waals surface area contributed by atoms with E-state index in [1.165, 1.54) is 0 Å². The molecular formula is C26H22ClN3O3. The number of nitrogens with zero attached hydrogens (tertiary/aromatic N) is 2. The van der Waals surface area contributed by atoms with Crippen molar-refractivity contribution in [2.75, 3.05) is 22.2 Å². The van der Waals surface area contributed by atoms with Gasteiger partial charge in [-0.1, -0.05) is 41.9 Å². The Hall–Kier alpha value is -3.90. The third-order valence-corrected chi connectivity index (χ3v) is 6.04. The van der Waals surface area contributed by atoms with Crippen molar-refractivity contribution >= 4 is 46.4 Å². The second-order valence-corrected chi connectivity index (χ2v) is 8.13. The Bertz CT molecular complexity index is 1280. The Morgan fingerprint density at radius 2 is 1.55 bits per heavy atom. The average Bonchev–Trinajstić information content (AvgIpc) is 3.04. The van der Waals surface area contributed by atoms with Crippen molar-refractivity contribution in [1.29, 1.82) is 0 Å². The van der Waals surface area contributed by atoms with Gasteiger partial charge >= 0.3 is 0 Å². The molecule has 3 aromatic carbocycles. The third kappa shape index (κ3) is 4.13. The first-order valence-electron chi connectivity index (χ1n) is 10.3. The summed E-state index contributed by atoms with van der Waals surface area (Å²) in [6, 6.07) is 21.4. The molecule has 0 saturated heterocycles. The molecule has 1 aliphatic heterocycles. The van der Waals surface area contributed by atoms with Gasteiger partial charge in [0, 0.05) is 24.0 Å². The highest BCUT2D eigenvalue weighted by atomic mass is 35.5. The van der Waals surface area contributed by atoms with Crippen LogP contribution < -0.4 is 15.1 Å². The number of anilines is 3. The van der Waals surface area contributed by atoms with Gasteiger partial charge in [0.1, 0.15) is 10.7 Å². The van der Waals surface area contributed by atoms with E-state index in [9.17, 15) is 14.4 Å². The zero-order chi connectivity index (χ0) is 23.7. The Balaban J connectivity index is 1.53. The number of rotatable bonds is 5. The molecule has 33 heavy (non-hydrogen) atoms. The molecule has 6 nitrogen and oxygen atoms in total. The summed E-state index contributed by atoms with van der Waals surface area (Å²) in [5, 5.41) is 2.77. The van der Waals surface area contributed by atoms with Crippen molar-refractivity contribution in [2.45, 2.75) is 13.8 Å². The molecule has 0 atom stereocenters. The Labute approximate surface area is 197 Å². The van der Waals surface area contributed by atoms with Crippen molar-refractivity contribution in [1.82, 2.24) is 0 Å².